The van der Waals surface area contributed by atoms with Crippen molar-refractivity contribution >= 4 is 23.0 Å². The lowest BCUT2D eigenvalue weighted by Gasteiger charge is -2.15. The van der Waals surface area contributed by atoms with Crippen LogP contribution in [-0.4, -0.2) is 19.9 Å². The third kappa shape index (κ3) is 2.44. The van der Waals surface area contributed by atoms with Crippen LogP contribution < -0.4 is 11.1 Å². The van der Waals surface area contributed by atoms with Crippen molar-refractivity contribution in [3.05, 3.63) is 30.1 Å². The number of fused-ring (bicyclic) bond motifs is 1. The van der Waals surface area contributed by atoms with Crippen LogP contribution in [0.25, 0.3) is 11.4 Å². The van der Waals surface area contributed by atoms with Crippen LogP contribution in [0.2, 0.25) is 0 Å². The molecule has 0 unspecified atom stereocenters. The zero-order valence-electron chi connectivity index (χ0n) is 10.5. The maximum absolute atomic E-state index is 5.49. The normalized spacial score (nSPS) is 13.9. The molecular weight excluding hydrogens is 258 g/mol. The number of aromatic nitrogens is 3. The van der Waals surface area contributed by atoms with E-state index in [1.807, 2.05) is 24.3 Å². The largest absolute Gasteiger partial charge is 0.376 e. The van der Waals surface area contributed by atoms with Crippen LogP contribution in [0, 0.1) is 0 Å². The minimum atomic E-state index is 0.264. The average Bonchev–Trinajstić information content (AvgIpc) is 2.82. The van der Waals surface area contributed by atoms with Gasteiger partial charge in [0, 0.05) is 24.2 Å². The first kappa shape index (κ1) is 12.1. The van der Waals surface area contributed by atoms with Crippen molar-refractivity contribution in [3.8, 4) is 11.4 Å². The molecule has 6 heteroatoms. The third-order valence-electron chi connectivity index (χ3n) is 3.25. The van der Waals surface area contributed by atoms with E-state index in [0.717, 1.165) is 35.9 Å². The highest BCUT2D eigenvalue weighted by Gasteiger charge is 2.16. The van der Waals surface area contributed by atoms with Crippen molar-refractivity contribution in [3.63, 3.8) is 0 Å². The average molecular weight is 273 g/mol. The fraction of sp³-hybridized carbons (Fsp3) is 0.308. The van der Waals surface area contributed by atoms with Crippen molar-refractivity contribution in [1.82, 2.24) is 14.8 Å². The molecule has 1 aromatic carbocycles. The van der Waals surface area contributed by atoms with Gasteiger partial charge >= 0.3 is 0 Å². The topological polar surface area (TPSA) is 68.8 Å². The highest BCUT2D eigenvalue weighted by Crippen LogP contribution is 2.24. The first-order chi connectivity index (χ1) is 9.24. The summed E-state index contributed by atoms with van der Waals surface area (Å²) in [6, 6.07) is 7.90. The Labute approximate surface area is 116 Å². The summed E-state index contributed by atoms with van der Waals surface area (Å²) in [5.74, 6) is 2.00. The van der Waals surface area contributed by atoms with Crippen LogP contribution >= 0.6 is 12.2 Å². The van der Waals surface area contributed by atoms with Crippen LogP contribution in [0.1, 0.15) is 18.7 Å². The predicted octanol–water partition coefficient (Wildman–Crippen LogP) is 1.94. The van der Waals surface area contributed by atoms with Gasteiger partial charge in [0.1, 0.15) is 5.82 Å². The maximum atomic E-state index is 5.49. The van der Waals surface area contributed by atoms with Crippen LogP contribution in [0.5, 0.6) is 0 Å². The lowest BCUT2D eigenvalue weighted by Crippen LogP contribution is -2.18. The van der Waals surface area contributed by atoms with Gasteiger partial charge in [0.25, 0.3) is 0 Å². The van der Waals surface area contributed by atoms with E-state index in [2.05, 4.69) is 20.1 Å². The van der Waals surface area contributed by atoms with Gasteiger partial charge < -0.3 is 15.6 Å². The Balaban J connectivity index is 1.97. The van der Waals surface area contributed by atoms with Gasteiger partial charge in [0.2, 0.25) is 0 Å². The quantitative estimate of drug-likeness (QED) is 0.818. The summed E-state index contributed by atoms with van der Waals surface area (Å²) in [6.45, 7) is 0.991. The van der Waals surface area contributed by atoms with Crippen LogP contribution in [0.3, 0.4) is 0 Å². The SMILES string of the molecule is NC(=S)Nc1cccc(-c2nnc3n2CCCC3)c1. The molecule has 0 aliphatic carbocycles. The highest BCUT2D eigenvalue weighted by molar-refractivity contribution is 7.80. The molecule has 19 heavy (non-hydrogen) atoms. The van der Waals surface area contributed by atoms with E-state index in [1.54, 1.807) is 0 Å². The summed E-state index contributed by atoms with van der Waals surface area (Å²) in [5, 5.41) is 11.8. The molecule has 1 aromatic heterocycles. The molecule has 0 fully saturated rings. The Bertz CT molecular complexity index is 619. The summed E-state index contributed by atoms with van der Waals surface area (Å²) in [7, 11) is 0. The van der Waals surface area contributed by atoms with Crippen molar-refractivity contribution in [2.45, 2.75) is 25.8 Å². The van der Waals surface area contributed by atoms with Crippen molar-refractivity contribution in [1.29, 1.82) is 0 Å². The molecule has 1 aliphatic rings. The Morgan fingerprint density at radius 2 is 2.21 bits per heavy atom. The van der Waals surface area contributed by atoms with Gasteiger partial charge in [0.05, 0.1) is 0 Å². The number of aryl methyl sites for hydroxylation is 1. The summed E-state index contributed by atoms with van der Waals surface area (Å²) < 4.78 is 2.20. The van der Waals surface area contributed by atoms with E-state index in [9.17, 15) is 0 Å². The van der Waals surface area contributed by atoms with Gasteiger partial charge in [0.15, 0.2) is 10.9 Å². The molecule has 3 N–H and O–H groups in total. The van der Waals surface area contributed by atoms with E-state index >= 15 is 0 Å². The van der Waals surface area contributed by atoms with Gasteiger partial charge in [-0.3, -0.25) is 0 Å². The van der Waals surface area contributed by atoms with E-state index < -0.39 is 0 Å². The highest BCUT2D eigenvalue weighted by atomic mass is 32.1. The number of anilines is 1. The Hall–Kier alpha value is -1.95. The molecule has 0 atom stereocenters. The minimum absolute atomic E-state index is 0.264. The second kappa shape index (κ2) is 4.97. The lowest BCUT2D eigenvalue weighted by molar-refractivity contribution is 0.526. The van der Waals surface area contributed by atoms with Gasteiger partial charge in [-0.25, -0.2) is 0 Å². The maximum Gasteiger partial charge on any atom is 0.168 e. The third-order valence-corrected chi connectivity index (χ3v) is 3.35. The molecule has 98 valence electrons. The number of benzene rings is 1. The van der Waals surface area contributed by atoms with Crippen molar-refractivity contribution < 1.29 is 0 Å². The molecule has 0 radical (unpaired) electrons. The number of thiocarbonyl (C=S) groups is 1. The summed E-state index contributed by atoms with van der Waals surface area (Å²) in [5.41, 5.74) is 7.39. The molecule has 2 heterocycles. The second-order valence-electron chi connectivity index (χ2n) is 4.62. The van der Waals surface area contributed by atoms with Gasteiger partial charge in [-0.15, -0.1) is 10.2 Å². The fourth-order valence-electron chi connectivity index (χ4n) is 2.40. The van der Waals surface area contributed by atoms with Crippen LogP contribution in [0.4, 0.5) is 5.69 Å². The first-order valence-electron chi connectivity index (χ1n) is 6.33. The molecule has 0 bridgehead atoms. The lowest BCUT2D eigenvalue weighted by atomic mass is 10.1. The summed E-state index contributed by atoms with van der Waals surface area (Å²) >= 11 is 4.85. The minimum Gasteiger partial charge on any atom is -0.376 e. The number of nitrogens with zero attached hydrogens (tertiary/aromatic N) is 3. The zero-order chi connectivity index (χ0) is 13.2. The Morgan fingerprint density at radius 3 is 3.05 bits per heavy atom. The summed E-state index contributed by atoms with van der Waals surface area (Å²) in [6.07, 6.45) is 3.39. The number of nitrogens with two attached hydrogens (primary N) is 1. The number of hydrogen-bond donors (Lipinski definition) is 2. The molecule has 3 rings (SSSR count). The first-order valence-corrected chi connectivity index (χ1v) is 6.74. The monoisotopic (exact) mass is 273 g/mol. The molecular formula is C13H15N5S. The van der Waals surface area contributed by atoms with Gasteiger partial charge in [-0.2, -0.15) is 0 Å². The van der Waals surface area contributed by atoms with Gasteiger partial charge in [-0.1, -0.05) is 12.1 Å². The fourth-order valence-corrected chi connectivity index (χ4v) is 2.52. The number of hydrogen-bond acceptors (Lipinski definition) is 3. The zero-order valence-corrected chi connectivity index (χ0v) is 11.3. The van der Waals surface area contributed by atoms with E-state index in [1.165, 1.54) is 12.8 Å². The summed E-state index contributed by atoms with van der Waals surface area (Å²) in [4.78, 5) is 0. The molecule has 1 aliphatic heterocycles. The number of rotatable bonds is 2. The molecule has 2 aromatic rings. The van der Waals surface area contributed by atoms with Crippen LogP contribution in [-0.2, 0) is 13.0 Å². The van der Waals surface area contributed by atoms with Gasteiger partial charge in [-0.05, 0) is 37.2 Å². The van der Waals surface area contributed by atoms with Crippen LogP contribution in [0.15, 0.2) is 24.3 Å². The molecule has 0 saturated carbocycles. The van der Waals surface area contributed by atoms with E-state index in [-0.39, 0.29) is 5.11 Å². The molecule has 0 amide bonds. The predicted molar refractivity (Wildman–Crippen MR) is 78.8 cm³/mol. The van der Waals surface area contributed by atoms with E-state index in [0.29, 0.717) is 0 Å². The molecule has 0 saturated heterocycles. The molecule has 0 spiro atoms. The smallest absolute Gasteiger partial charge is 0.168 e. The van der Waals surface area contributed by atoms with Crippen molar-refractivity contribution in [2.75, 3.05) is 5.32 Å². The standard InChI is InChI=1S/C13H15N5S/c14-13(19)15-10-5-3-4-9(8-10)12-17-16-11-6-1-2-7-18(11)12/h3-5,8H,1-2,6-7H2,(H3,14,15,19). The second-order valence-corrected chi connectivity index (χ2v) is 5.06. The van der Waals surface area contributed by atoms with Crippen molar-refractivity contribution in [2.24, 2.45) is 5.73 Å². The van der Waals surface area contributed by atoms with E-state index in [4.69, 9.17) is 18.0 Å². The Kier molecular flexibility index (Phi) is 3.16. The molecule has 5 nitrogen and oxygen atoms in total. The number of nitrogens with one attached hydrogen (secondary N) is 1. The Morgan fingerprint density at radius 1 is 1.32 bits per heavy atom.